The molecule has 0 aliphatic carbocycles. The average Bonchev–Trinajstić information content (AvgIpc) is 3.82. The summed E-state index contributed by atoms with van der Waals surface area (Å²) in [6.07, 6.45) is 0. The fourth-order valence-electron chi connectivity index (χ4n) is 8.67. The molecule has 0 radical (unpaired) electrons. The van der Waals surface area contributed by atoms with Crippen molar-refractivity contribution in [2.45, 2.75) is 0 Å². The van der Waals surface area contributed by atoms with Crippen LogP contribution in [-0.2, 0) is 0 Å². The predicted molar refractivity (Wildman–Crippen MR) is 241 cm³/mol. The Morgan fingerprint density at radius 1 is 0.345 bits per heavy atom. The minimum absolute atomic E-state index is 0.619. The normalized spacial score (nSPS) is 11.4. The Hall–Kier alpha value is -8.00. The van der Waals surface area contributed by atoms with Crippen molar-refractivity contribution in [2.24, 2.45) is 0 Å². The molecule has 0 N–H and O–H groups in total. The zero-order chi connectivity index (χ0) is 38.6. The van der Waals surface area contributed by atoms with E-state index >= 15 is 0 Å². The molecule has 0 aliphatic rings. The Morgan fingerprint density at radius 2 is 0.810 bits per heavy atom. The molecule has 0 amide bonds. The van der Waals surface area contributed by atoms with Gasteiger partial charge in [-0.05, 0) is 89.0 Å². The van der Waals surface area contributed by atoms with Crippen molar-refractivity contribution in [1.29, 1.82) is 0 Å². The number of fused-ring (bicyclic) bond motifs is 6. The monoisotopic (exact) mass is 738 g/mol. The van der Waals surface area contributed by atoms with Crippen molar-refractivity contribution in [1.82, 2.24) is 14.1 Å². The number of para-hydroxylation sites is 4. The number of benzene rings is 8. The van der Waals surface area contributed by atoms with Gasteiger partial charge in [-0.25, -0.2) is 9.83 Å². The van der Waals surface area contributed by atoms with E-state index in [1.165, 1.54) is 32.6 Å². The van der Waals surface area contributed by atoms with Crippen LogP contribution in [0.3, 0.4) is 0 Å². The van der Waals surface area contributed by atoms with Gasteiger partial charge < -0.3 is 9.13 Å². The average molecular weight is 739 g/mol. The number of nitrogens with zero attached hydrogens (tertiary/aromatic N) is 4. The van der Waals surface area contributed by atoms with Crippen molar-refractivity contribution < 1.29 is 0 Å². The molecule has 58 heavy (non-hydrogen) atoms. The maximum absolute atomic E-state index is 8.10. The highest BCUT2D eigenvalue weighted by Crippen LogP contribution is 2.41. The zero-order valence-corrected chi connectivity index (χ0v) is 31.4. The molecule has 4 nitrogen and oxygen atoms in total. The van der Waals surface area contributed by atoms with E-state index in [4.69, 9.17) is 11.6 Å². The van der Waals surface area contributed by atoms with Gasteiger partial charge in [0.05, 0.1) is 40.0 Å². The summed E-state index contributed by atoms with van der Waals surface area (Å²) < 4.78 is 4.76. The fourth-order valence-corrected chi connectivity index (χ4v) is 8.67. The summed E-state index contributed by atoms with van der Waals surface area (Å²) in [7, 11) is 0. The van der Waals surface area contributed by atoms with E-state index in [0.717, 1.165) is 67.2 Å². The smallest absolute Gasteiger partial charge is 0.194 e. The molecule has 11 aromatic rings. The largest absolute Gasteiger partial charge is 0.309 e. The van der Waals surface area contributed by atoms with Crippen LogP contribution in [0.2, 0.25) is 0 Å². The van der Waals surface area contributed by atoms with Crippen LogP contribution >= 0.6 is 0 Å². The molecular formula is C54H34N4. The van der Waals surface area contributed by atoms with Crippen molar-refractivity contribution in [3.63, 3.8) is 0 Å². The van der Waals surface area contributed by atoms with E-state index in [1.807, 2.05) is 30.3 Å². The van der Waals surface area contributed by atoms with Crippen LogP contribution in [0.5, 0.6) is 0 Å². The van der Waals surface area contributed by atoms with Crippen molar-refractivity contribution >= 4 is 49.3 Å². The van der Waals surface area contributed by atoms with Gasteiger partial charge in [0.15, 0.2) is 5.69 Å². The van der Waals surface area contributed by atoms with E-state index in [1.54, 1.807) is 0 Å². The number of pyridine rings is 1. The summed E-state index contributed by atoms with van der Waals surface area (Å²) >= 11 is 0. The first-order valence-corrected chi connectivity index (χ1v) is 19.5. The van der Waals surface area contributed by atoms with Gasteiger partial charge in [-0.15, -0.1) is 0 Å². The van der Waals surface area contributed by atoms with Crippen molar-refractivity contribution in [3.05, 3.63) is 218 Å². The third-order valence-electron chi connectivity index (χ3n) is 11.3. The number of aromatic nitrogens is 3. The van der Waals surface area contributed by atoms with Crippen molar-refractivity contribution in [2.75, 3.05) is 0 Å². The first-order chi connectivity index (χ1) is 28.7. The molecule has 3 heterocycles. The highest BCUT2D eigenvalue weighted by molar-refractivity contribution is 6.12. The SMILES string of the molecule is [C-]#[N+]c1ccccc1-c1cc(-c2cc(-c3ccccc3)nc(-c3ccccc3)c2)cc(-n2c3ccccc3c3cc(-n4c5ccccc5c5ccccc54)ccc32)c1. The summed E-state index contributed by atoms with van der Waals surface area (Å²) in [5.41, 5.74) is 15.2. The molecule has 0 saturated heterocycles. The van der Waals surface area contributed by atoms with E-state index in [-0.39, 0.29) is 0 Å². The van der Waals surface area contributed by atoms with Crippen LogP contribution in [0, 0.1) is 6.57 Å². The van der Waals surface area contributed by atoms with Gasteiger partial charge in [0.25, 0.3) is 0 Å². The summed E-state index contributed by atoms with van der Waals surface area (Å²) in [6.45, 7) is 8.10. The Balaban J connectivity index is 1.18. The van der Waals surface area contributed by atoms with E-state index in [2.05, 4.69) is 190 Å². The molecule has 0 aliphatic heterocycles. The van der Waals surface area contributed by atoms with Crippen molar-refractivity contribution in [3.8, 4) is 56.1 Å². The van der Waals surface area contributed by atoms with Gasteiger partial charge in [-0.2, -0.15) is 0 Å². The molecule has 0 fully saturated rings. The van der Waals surface area contributed by atoms with Crippen LogP contribution < -0.4 is 0 Å². The maximum atomic E-state index is 8.10. The molecular weight excluding hydrogens is 705 g/mol. The van der Waals surface area contributed by atoms with E-state index < -0.39 is 0 Å². The van der Waals surface area contributed by atoms with E-state index in [9.17, 15) is 0 Å². The third-order valence-corrected chi connectivity index (χ3v) is 11.3. The number of hydrogen-bond donors (Lipinski definition) is 0. The second-order valence-corrected chi connectivity index (χ2v) is 14.7. The molecule has 11 rings (SSSR count). The summed E-state index contributed by atoms with van der Waals surface area (Å²) in [4.78, 5) is 9.14. The minimum atomic E-state index is 0.619. The lowest BCUT2D eigenvalue weighted by Crippen LogP contribution is -1.98. The zero-order valence-electron chi connectivity index (χ0n) is 31.4. The number of rotatable bonds is 6. The lowest BCUT2D eigenvalue weighted by atomic mass is 9.95. The molecule has 3 aromatic heterocycles. The Kier molecular flexibility index (Phi) is 7.84. The van der Waals surface area contributed by atoms with Crippen LogP contribution in [0.15, 0.2) is 206 Å². The van der Waals surface area contributed by atoms with Gasteiger partial charge in [-0.1, -0.05) is 140 Å². The van der Waals surface area contributed by atoms with Gasteiger partial charge in [0.1, 0.15) is 0 Å². The Bertz CT molecular complexity index is 3290. The van der Waals surface area contributed by atoms with Crippen LogP contribution in [0.4, 0.5) is 5.69 Å². The van der Waals surface area contributed by atoms with Gasteiger partial charge in [0, 0.05) is 44.0 Å². The second-order valence-electron chi connectivity index (χ2n) is 14.7. The molecule has 0 atom stereocenters. The first-order valence-electron chi connectivity index (χ1n) is 19.5. The maximum Gasteiger partial charge on any atom is 0.194 e. The van der Waals surface area contributed by atoms with Crippen LogP contribution in [0.25, 0.3) is 105 Å². The summed E-state index contributed by atoms with van der Waals surface area (Å²) in [5, 5.41) is 4.83. The van der Waals surface area contributed by atoms with Gasteiger partial charge in [-0.3, -0.25) is 0 Å². The lowest BCUT2D eigenvalue weighted by Gasteiger charge is -2.16. The highest BCUT2D eigenvalue weighted by Gasteiger charge is 2.19. The van der Waals surface area contributed by atoms with Crippen LogP contribution in [-0.4, -0.2) is 14.1 Å². The topological polar surface area (TPSA) is 27.1 Å². The second kappa shape index (κ2) is 13.6. The Morgan fingerprint density at radius 3 is 1.41 bits per heavy atom. The van der Waals surface area contributed by atoms with E-state index in [0.29, 0.717) is 5.69 Å². The quantitative estimate of drug-likeness (QED) is 0.156. The standard InChI is InChI=1S/C54H34N4/c1-55-48-24-12-8-20-43(48)40-30-38(39-33-49(36-16-4-2-5-17-36)56-50(34-39)37-18-6-3-7-19-37)31-42(32-40)58-53-27-15-11-23-46(53)47-35-41(28-29-54(47)58)57-51-25-13-9-21-44(51)45-22-10-14-26-52(45)57/h2-35H. The summed E-state index contributed by atoms with van der Waals surface area (Å²) in [5.74, 6) is 0. The molecule has 0 bridgehead atoms. The molecule has 270 valence electrons. The minimum Gasteiger partial charge on any atom is -0.309 e. The highest BCUT2D eigenvalue weighted by atomic mass is 15.0. The summed E-state index contributed by atoms with van der Waals surface area (Å²) in [6, 6.07) is 72.6. The molecule has 0 saturated carbocycles. The fraction of sp³-hybridized carbons (Fsp3) is 0. The Labute approximate surface area is 336 Å². The van der Waals surface area contributed by atoms with Crippen LogP contribution in [0.1, 0.15) is 0 Å². The predicted octanol–water partition coefficient (Wildman–Crippen LogP) is 14.5. The third kappa shape index (κ3) is 5.49. The first kappa shape index (κ1) is 33.3. The molecule has 0 unspecified atom stereocenters. The van der Waals surface area contributed by atoms with Gasteiger partial charge in [0.2, 0.25) is 0 Å². The molecule has 4 heteroatoms. The number of hydrogen-bond acceptors (Lipinski definition) is 1. The lowest BCUT2D eigenvalue weighted by molar-refractivity contribution is 1.17. The molecule has 8 aromatic carbocycles. The van der Waals surface area contributed by atoms with Gasteiger partial charge >= 0.3 is 0 Å². The molecule has 0 spiro atoms.